The van der Waals surface area contributed by atoms with Gasteiger partial charge in [-0.2, -0.15) is 0 Å². The Labute approximate surface area is 180 Å². The second-order valence-corrected chi connectivity index (χ2v) is 6.87. The van der Waals surface area contributed by atoms with Gasteiger partial charge in [-0.15, -0.1) is 35.3 Å². The van der Waals surface area contributed by atoms with Gasteiger partial charge in [0.2, 0.25) is 5.91 Å². The van der Waals surface area contributed by atoms with Crippen molar-refractivity contribution in [3.63, 3.8) is 0 Å². The number of halogens is 2. The van der Waals surface area contributed by atoms with Gasteiger partial charge in [0.05, 0.1) is 12.2 Å². The van der Waals surface area contributed by atoms with Crippen molar-refractivity contribution < 1.29 is 9.18 Å². The van der Waals surface area contributed by atoms with Gasteiger partial charge in [-0.3, -0.25) is 4.79 Å². The average molecular weight is 505 g/mol. The number of nitrogens with one attached hydrogen (secondary N) is 3. The molecule has 1 aromatic heterocycles. The minimum absolute atomic E-state index is 0. The lowest BCUT2D eigenvalue weighted by molar-refractivity contribution is -0.114. The van der Waals surface area contributed by atoms with Crippen LogP contribution in [0.4, 0.5) is 10.1 Å². The van der Waals surface area contributed by atoms with Crippen molar-refractivity contribution in [3.8, 4) is 0 Å². The summed E-state index contributed by atoms with van der Waals surface area (Å²) in [6.45, 7) is 7.30. The Balaban J connectivity index is 0.00000364. The van der Waals surface area contributed by atoms with Crippen molar-refractivity contribution in [2.24, 2.45) is 4.99 Å². The molecule has 0 saturated heterocycles. The quantitative estimate of drug-likeness (QED) is 0.305. The number of hydrogen-bond donors (Lipinski definition) is 3. The molecule has 2 rings (SSSR count). The van der Waals surface area contributed by atoms with E-state index in [4.69, 9.17) is 0 Å². The number of guanidine groups is 1. The van der Waals surface area contributed by atoms with Gasteiger partial charge in [0.25, 0.3) is 0 Å². The predicted octanol–water partition coefficient (Wildman–Crippen LogP) is 3.72. The molecule has 148 valence electrons. The second kappa shape index (κ2) is 11.9. The number of amides is 1. The van der Waals surface area contributed by atoms with Gasteiger partial charge in [0, 0.05) is 17.6 Å². The Hall–Kier alpha value is -1.75. The Morgan fingerprint density at radius 3 is 2.74 bits per heavy atom. The number of benzene rings is 1. The van der Waals surface area contributed by atoms with Crippen LogP contribution in [0.5, 0.6) is 0 Å². The zero-order valence-electron chi connectivity index (χ0n) is 15.6. The van der Waals surface area contributed by atoms with Gasteiger partial charge in [0.1, 0.15) is 17.4 Å². The van der Waals surface area contributed by atoms with E-state index < -0.39 is 5.82 Å². The third kappa shape index (κ3) is 8.21. The molecule has 2 aromatic rings. The van der Waals surface area contributed by atoms with E-state index >= 15 is 0 Å². The summed E-state index contributed by atoms with van der Waals surface area (Å²) in [6, 6.07) is 5.76. The van der Waals surface area contributed by atoms with Gasteiger partial charge in [-0.05, 0) is 31.0 Å². The smallest absolute Gasteiger partial charge is 0.246 e. The molecule has 9 heteroatoms. The lowest BCUT2D eigenvalue weighted by Crippen LogP contribution is -2.37. The highest BCUT2D eigenvalue weighted by Crippen LogP contribution is 2.17. The van der Waals surface area contributed by atoms with E-state index in [-0.39, 0.29) is 36.4 Å². The first kappa shape index (κ1) is 23.3. The number of nitrogens with zero attached hydrogens (tertiary/aromatic N) is 2. The fraction of sp³-hybridized carbons (Fsp3) is 0.389. The predicted molar refractivity (Wildman–Crippen MR) is 119 cm³/mol. The van der Waals surface area contributed by atoms with Gasteiger partial charge in [-0.25, -0.2) is 14.4 Å². The third-order valence-corrected chi connectivity index (χ3v) is 4.27. The van der Waals surface area contributed by atoms with E-state index in [1.54, 1.807) is 23.5 Å². The van der Waals surface area contributed by atoms with Crippen molar-refractivity contribution in [2.45, 2.75) is 33.2 Å². The first-order valence-electron chi connectivity index (χ1n) is 8.49. The monoisotopic (exact) mass is 505 g/mol. The summed E-state index contributed by atoms with van der Waals surface area (Å²) in [5, 5.41) is 11.9. The van der Waals surface area contributed by atoms with Crippen LogP contribution in [0.2, 0.25) is 0 Å². The minimum Gasteiger partial charge on any atom is -0.357 e. The number of carbonyl (C=O) groups is 1. The average Bonchev–Trinajstić information content (AvgIpc) is 3.07. The van der Waals surface area contributed by atoms with Crippen molar-refractivity contribution in [1.29, 1.82) is 0 Å². The van der Waals surface area contributed by atoms with E-state index in [2.05, 4.69) is 45.2 Å². The van der Waals surface area contributed by atoms with Crippen LogP contribution in [0.3, 0.4) is 0 Å². The van der Waals surface area contributed by atoms with Gasteiger partial charge in [0.15, 0.2) is 5.96 Å². The second-order valence-electron chi connectivity index (χ2n) is 5.93. The van der Waals surface area contributed by atoms with Gasteiger partial charge < -0.3 is 16.0 Å². The van der Waals surface area contributed by atoms with Gasteiger partial charge in [-0.1, -0.05) is 19.9 Å². The fourth-order valence-corrected chi connectivity index (χ4v) is 2.99. The van der Waals surface area contributed by atoms with E-state index in [1.165, 1.54) is 12.1 Å². The summed E-state index contributed by atoms with van der Waals surface area (Å²) in [5.74, 6) is 0.214. The molecule has 0 aliphatic heterocycles. The summed E-state index contributed by atoms with van der Waals surface area (Å²) in [5.41, 5.74) is 1.48. The standard InChI is InChI=1S/C18H24FN5OS.HI/c1-4-20-18(22-10-17-24-15(11-26-17)12(2)3)21-9-16(25)23-14-7-5-6-13(19)8-14;/h5-8,11-12H,4,9-10H2,1-3H3,(H,23,25)(H2,20,21,22);1H. The fourth-order valence-electron chi connectivity index (χ4n) is 2.09. The summed E-state index contributed by atoms with van der Waals surface area (Å²) < 4.78 is 13.1. The highest BCUT2D eigenvalue weighted by Gasteiger charge is 2.07. The lowest BCUT2D eigenvalue weighted by atomic mass is 10.2. The molecule has 0 aliphatic carbocycles. The topological polar surface area (TPSA) is 78.4 Å². The highest BCUT2D eigenvalue weighted by molar-refractivity contribution is 14.0. The number of thiazole rings is 1. The molecule has 6 nitrogen and oxygen atoms in total. The van der Waals surface area contributed by atoms with E-state index in [9.17, 15) is 9.18 Å². The molecule has 0 aliphatic rings. The Bertz CT molecular complexity index is 766. The van der Waals surface area contributed by atoms with Crippen molar-refractivity contribution >= 4 is 52.9 Å². The molecule has 0 fully saturated rings. The van der Waals surface area contributed by atoms with E-state index in [1.807, 2.05) is 6.92 Å². The van der Waals surface area contributed by atoms with Crippen molar-refractivity contribution in [2.75, 3.05) is 18.4 Å². The number of aromatic nitrogens is 1. The van der Waals surface area contributed by atoms with E-state index in [0.29, 0.717) is 30.7 Å². The normalized spacial score (nSPS) is 11.1. The van der Waals surface area contributed by atoms with Crippen LogP contribution in [-0.4, -0.2) is 29.9 Å². The van der Waals surface area contributed by atoms with Crippen molar-refractivity contribution in [1.82, 2.24) is 15.6 Å². The molecule has 0 radical (unpaired) electrons. The first-order valence-corrected chi connectivity index (χ1v) is 9.37. The number of aliphatic imine (C=N–C) groups is 1. The molecular weight excluding hydrogens is 480 g/mol. The van der Waals surface area contributed by atoms with Crippen LogP contribution in [-0.2, 0) is 11.3 Å². The number of hydrogen-bond acceptors (Lipinski definition) is 4. The molecule has 3 N–H and O–H groups in total. The minimum atomic E-state index is -0.398. The SMILES string of the molecule is CCNC(=NCC(=O)Nc1cccc(F)c1)NCc1nc(C(C)C)cs1.I. The maximum Gasteiger partial charge on any atom is 0.246 e. The molecule has 27 heavy (non-hydrogen) atoms. The van der Waals surface area contributed by atoms with Crippen LogP contribution in [0.1, 0.15) is 37.4 Å². The third-order valence-electron chi connectivity index (χ3n) is 3.40. The zero-order chi connectivity index (χ0) is 18.9. The summed E-state index contributed by atoms with van der Waals surface area (Å²) in [7, 11) is 0. The molecule has 1 heterocycles. The number of carbonyl (C=O) groups excluding carboxylic acids is 1. The molecule has 0 bridgehead atoms. The van der Waals surface area contributed by atoms with Gasteiger partial charge >= 0.3 is 0 Å². The van der Waals surface area contributed by atoms with Crippen LogP contribution in [0.25, 0.3) is 0 Å². The van der Waals surface area contributed by atoms with Crippen molar-refractivity contribution in [3.05, 3.63) is 46.2 Å². The van der Waals surface area contributed by atoms with Crippen LogP contribution in [0, 0.1) is 5.82 Å². The van der Waals surface area contributed by atoms with E-state index in [0.717, 1.165) is 10.7 Å². The Morgan fingerprint density at radius 2 is 2.11 bits per heavy atom. The summed E-state index contributed by atoms with van der Waals surface area (Å²) in [4.78, 5) is 20.8. The maximum absolute atomic E-state index is 13.1. The number of anilines is 1. The summed E-state index contributed by atoms with van der Waals surface area (Å²) >= 11 is 1.59. The highest BCUT2D eigenvalue weighted by atomic mass is 127. The first-order chi connectivity index (χ1) is 12.5. The molecule has 1 amide bonds. The Morgan fingerprint density at radius 1 is 1.33 bits per heavy atom. The summed E-state index contributed by atoms with van der Waals surface area (Å²) in [6.07, 6.45) is 0. The Kier molecular flexibility index (Phi) is 10.2. The maximum atomic E-state index is 13.1. The van der Waals surface area contributed by atoms with Crippen LogP contribution < -0.4 is 16.0 Å². The lowest BCUT2D eigenvalue weighted by Gasteiger charge is -2.10. The largest absolute Gasteiger partial charge is 0.357 e. The zero-order valence-corrected chi connectivity index (χ0v) is 18.7. The van der Waals surface area contributed by atoms with Crippen LogP contribution >= 0.6 is 35.3 Å². The molecule has 1 aromatic carbocycles. The van der Waals surface area contributed by atoms with Crippen LogP contribution in [0.15, 0.2) is 34.6 Å². The molecule has 0 atom stereocenters. The number of rotatable bonds is 7. The molecule has 0 saturated carbocycles. The molecular formula is C18H25FIN5OS. The molecule has 0 unspecified atom stereocenters. The molecule has 0 spiro atoms.